The highest BCUT2D eigenvalue weighted by Gasteiger charge is 2.51. The number of hydrogen-bond acceptors (Lipinski definition) is 8. The Hall–Kier alpha value is -4.05. The lowest BCUT2D eigenvalue weighted by atomic mass is 9.92. The van der Waals surface area contributed by atoms with Crippen molar-refractivity contribution in [2.45, 2.75) is 12.5 Å². The third-order valence-corrected chi connectivity index (χ3v) is 6.03. The van der Waals surface area contributed by atoms with Crippen molar-refractivity contribution in [2.24, 2.45) is 0 Å². The molecule has 1 aliphatic heterocycles. The number of rotatable bonds is 9. The van der Waals surface area contributed by atoms with Gasteiger partial charge in [-0.2, -0.15) is 0 Å². The Bertz CT molecular complexity index is 1250. The molecule has 10 nitrogen and oxygen atoms in total. The van der Waals surface area contributed by atoms with Crippen molar-refractivity contribution in [1.29, 1.82) is 0 Å². The smallest absolute Gasteiger partial charge is 0.246 e. The van der Waals surface area contributed by atoms with Crippen LogP contribution >= 0.6 is 0 Å². The van der Waals surface area contributed by atoms with E-state index in [1.807, 2.05) is 41.3 Å². The van der Waals surface area contributed by atoms with Crippen LogP contribution in [0.2, 0.25) is 0 Å². The van der Waals surface area contributed by atoms with Crippen molar-refractivity contribution in [3.63, 3.8) is 0 Å². The molecule has 1 atom stereocenters. The van der Waals surface area contributed by atoms with E-state index >= 15 is 0 Å². The Morgan fingerprint density at radius 3 is 2.40 bits per heavy atom. The number of aromatic nitrogens is 2. The minimum absolute atomic E-state index is 0.0302. The molecular formula is C25H29N5O5. The van der Waals surface area contributed by atoms with E-state index in [0.717, 1.165) is 11.0 Å². The summed E-state index contributed by atoms with van der Waals surface area (Å²) >= 11 is 0. The fraction of sp³-hybridized carbons (Fsp3) is 0.320. The number of benzene rings is 2. The quantitative estimate of drug-likeness (QED) is 0.427. The first-order chi connectivity index (χ1) is 16.9. The second kappa shape index (κ2) is 9.67. The highest BCUT2D eigenvalue weighted by atomic mass is 16.5. The molecule has 3 N–H and O–H groups in total. The summed E-state index contributed by atoms with van der Waals surface area (Å²) < 4.78 is 15.9. The second-order valence-corrected chi connectivity index (χ2v) is 8.30. The second-order valence-electron chi connectivity index (χ2n) is 8.30. The summed E-state index contributed by atoms with van der Waals surface area (Å²) in [6.45, 7) is 1.70. The predicted octanol–water partition coefficient (Wildman–Crippen LogP) is 2.08. The van der Waals surface area contributed by atoms with Crippen LogP contribution < -0.4 is 25.0 Å². The Balaban J connectivity index is 1.89. The van der Waals surface area contributed by atoms with E-state index in [-0.39, 0.29) is 24.8 Å². The molecule has 4 rings (SSSR count). The van der Waals surface area contributed by atoms with Gasteiger partial charge in [0.2, 0.25) is 5.91 Å². The molecule has 1 amide bonds. The van der Waals surface area contributed by atoms with E-state index in [0.29, 0.717) is 34.4 Å². The average molecular weight is 480 g/mol. The van der Waals surface area contributed by atoms with Crippen molar-refractivity contribution in [2.75, 3.05) is 46.4 Å². The number of para-hydroxylation sites is 2. The summed E-state index contributed by atoms with van der Waals surface area (Å²) in [5, 5.41) is 6.01. The lowest BCUT2D eigenvalue weighted by Crippen LogP contribution is -2.56. The van der Waals surface area contributed by atoms with E-state index < -0.39 is 5.54 Å². The molecule has 1 unspecified atom stereocenters. The van der Waals surface area contributed by atoms with Gasteiger partial charge in [0.05, 0.1) is 30.9 Å². The van der Waals surface area contributed by atoms with Gasteiger partial charge in [0.1, 0.15) is 40.9 Å². The number of carbonyl (C=O) groups is 2. The van der Waals surface area contributed by atoms with Crippen LogP contribution in [0.4, 0.5) is 5.69 Å². The summed E-state index contributed by atoms with van der Waals surface area (Å²) in [6, 6.07) is 12.9. The lowest BCUT2D eigenvalue weighted by Gasteiger charge is -2.37. The molecule has 0 fully saturated rings. The fourth-order valence-electron chi connectivity index (χ4n) is 4.31. The molecule has 3 aromatic rings. The maximum Gasteiger partial charge on any atom is 0.246 e. The van der Waals surface area contributed by atoms with E-state index in [2.05, 4.69) is 20.6 Å². The number of aromatic amines is 1. The van der Waals surface area contributed by atoms with Gasteiger partial charge in [-0.15, -0.1) is 0 Å². The van der Waals surface area contributed by atoms with Crippen molar-refractivity contribution >= 4 is 34.0 Å². The first kappa shape index (κ1) is 24.1. The van der Waals surface area contributed by atoms with Crippen molar-refractivity contribution in [3.05, 3.63) is 54.1 Å². The topological polar surface area (TPSA) is 118 Å². The van der Waals surface area contributed by atoms with Gasteiger partial charge in [-0.3, -0.25) is 9.59 Å². The molecule has 0 bridgehead atoms. The number of nitrogens with zero attached hydrogens (tertiary/aromatic N) is 2. The van der Waals surface area contributed by atoms with Crippen LogP contribution in [0, 0.1) is 0 Å². The van der Waals surface area contributed by atoms with Gasteiger partial charge in [0.25, 0.3) is 0 Å². The first-order valence-corrected chi connectivity index (χ1v) is 11.1. The van der Waals surface area contributed by atoms with Gasteiger partial charge in [0.15, 0.2) is 5.78 Å². The number of hydrogen-bond donors (Lipinski definition) is 3. The van der Waals surface area contributed by atoms with E-state index in [1.54, 1.807) is 34.3 Å². The predicted molar refractivity (Wildman–Crippen MR) is 132 cm³/mol. The summed E-state index contributed by atoms with van der Waals surface area (Å²) in [4.78, 5) is 36.1. The van der Waals surface area contributed by atoms with E-state index in [4.69, 9.17) is 14.2 Å². The van der Waals surface area contributed by atoms with Gasteiger partial charge in [-0.1, -0.05) is 12.1 Å². The highest BCUT2D eigenvalue weighted by Crippen LogP contribution is 2.43. The highest BCUT2D eigenvalue weighted by molar-refractivity contribution is 6.30. The molecule has 1 aliphatic rings. The Morgan fingerprint density at radius 2 is 1.80 bits per heavy atom. The Labute approximate surface area is 203 Å². The number of nitrogens with one attached hydrogen (secondary N) is 3. The number of imidazole rings is 1. The molecule has 0 radical (unpaired) electrons. The summed E-state index contributed by atoms with van der Waals surface area (Å²) in [6.07, 6.45) is 0. The third-order valence-electron chi connectivity index (χ3n) is 6.03. The standard InChI is InChI=1S/C25H29N5O5/c1-25(14-27-20(31)13-33-3)22(32)21(23-28-18-8-6-7-9-19(18)29-23)24(26-2)30(25)15-10-16(34-4)12-17(11-15)35-5/h6-12,26H,13-14H2,1-5H3,(H,27,31)(H,28,29). The van der Waals surface area contributed by atoms with E-state index in [1.165, 1.54) is 7.11 Å². The van der Waals surface area contributed by atoms with Crippen LogP contribution in [-0.4, -0.2) is 68.7 Å². The molecule has 10 heteroatoms. The van der Waals surface area contributed by atoms with Crippen molar-refractivity contribution in [1.82, 2.24) is 20.6 Å². The number of ketones is 1. The van der Waals surface area contributed by atoms with Gasteiger partial charge in [-0.25, -0.2) is 4.98 Å². The molecule has 0 spiro atoms. The van der Waals surface area contributed by atoms with Gasteiger partial charge in [-0.05, 0) is 19.1 Å². The zero-order chi connectivity index (χ0) is 25.2. The normalized spacial score (nSPS) is 17.7. The molecule has 184 valence electrons. The average Bonchev–Trinajstić information content (AvgIpc) is 3.39. The van der Waals surface area contributed by atoms with Crippen LogP contribution in [0.5, 0.6) is 11.5 Å². The fourth-order valence-corrected chi connectivity index (χ4v) is 4.31. The molecule has 35 heavy (non-hydrogen) atoms. The maximum atomic E-state index is 14.1. The lowest BCUT2D eigenvalue weighted by molar-refractivity contribution is -0.125. The molecule has 2 heterocycles. The van der Waals surface area contributed by atoms with Crippen molar-refractivity contribution in [3.8, 4) is 11.5 Å². The van der Waals surface area contributed by atoms with Crippen LogP contribution in [0.3, 0.4) is 0 Å². The van der Waals surface area contributed by atoms with Gasteiger partial charge >= 0.3 is 0 Å². The zero-order valence-corrected chi connectivity index (χ0v) is 20.4. The van der Waals surface area contributed by atoms with Crippen LogP contribution in [0.1, 0.15) is 12.7 Å². The number of Topliss-reactive ketones (excluding diaryl/α,β-unsaturated/α-hetero) is 1. The zero-order valence-electron chi connectivity index (χ0n) is 20.4. The molecule has 0 saturated carbocycles. The molecule has 2 aromatic carbocycles. The number of amides is 1. The number of H-pyrrole nitrogens is 1. The van der Waals surface area contributed by atoms with Crippen LogP contribution in [0.15, 0.2) is 48.3 Å². The SMILES string of the molecule is CNC1=C(c2nc3ccccc3[nH]2)C(=O)C(C)(CNC(=O)COC)N1c1cc(OC)cc(OC)c1. The van der Waals surface area contributed by atoms with Crippen LogP contribution in [0.25, 0.3) is 16.6 Å². The van der Waals surface area contributed by atoms with Gasteiger partial charge in [0, 0.05) is 38.9 Å². The monoisotopic (exact) mass is 479 g/mol. The number of anilines is 1. The van der Waals surface area contributed by atoms with E-state index in [9.17, 15) is 9.59 Å². The number of ether oxygens (including phenoxy) is 3. The number of carbonyl (C=O) groups excluding carboxylic acids is 2. The molecular weight excluding hydrogens is 450 g/mol. The first-order valence-electron chi connectivity index (χ1n) is 11.1. The summed E-state index contributed by atoms with van der Waals surface area (Å²) in [7, 11) is 6.31. The minimum Gasteiger partial charge on any atom is -0.497 e. The Kier molecular flexibility index (Phi) is 6.65. The summed E-state index contributed by atoms with van der Waals surface area (Å²) in [5.41, 5.74) is 1.40. The third kappa shape index (κ3) is 4.28. The molecule has 1 aromatic heterocycles. The maximum absolute atomic E-state index is 14.1. The molecule has 0 aliphatic carbocycles. The summed E-state index contributed by atoms with van der Waals surface area (Å²) in [5.74, 6) is 1.56. The van der Waals surface area contributed by atoms with Crippen molar-refractivity contribution < 1.29 is 23.8 Å². The van der Waals surface area contributed by atoms with Gasteiger partial charge < -0.3 is 34.7 Å². The van der Waals surface area contributed by atoms with Crippen LogP contribution in [-0.2, 0) is 14.3 Å². The molecule has 0 saturated heterocycles. The minimum atomic E-state index is -1.19. The number of fused-ring (bicyclic) bond motifs is 1. The number of methoxy groups -OCH3 is 3. The Morgan fingerprint density at radius 1 is 1.11 bits per heavy atom. The largest absolute Gasteiger partial charge is 0.497 e.